The van der Waals surface area contributed by atoms with E-state index in [2.05, 4.69) is 86.8 Å². The maximum absolute atomic E-state index is 13.5. The number of esters is 1. The molecule has 3 atom stereocenters. The van der Waals surface area contributed by atoms with E-state index in [0.717, 1.165) is 77.0 Å². The van der Waals surface area contributed by atoms with Crippen LogP contribution in [0.5, 0.6) is 0 Å². The summed E-state index contributed by atoms with van der Waals surface area (Å²) >= 11 is 0. The molecule has 0 spiro atoms. The summed E-state index contributed by atoms with van der Waals surface area (Å²) in [6.07, 6.45) is 67.0. The van der Waals surface area contributed by atoms with Crippen molar-refractivity contribution >= 4 is 19.7 Å². The molecule has 1 N–H and O–H groups in total. The van der Waals surface area contributed by atoms with Gasteiger partial charge in [0.15, 0.2) is 0 Å². The van der Waals surface area contributed by atoms with Gasteiger partial charge in [-0.3, -0.25) is 14.2 Å². The van der Waals surface area contributed by atoms with Crippen LogP contribution in [0.1, 0.15) is 245 Å². The Morgan fingerprint density at radius 2 is 0.903 bits per heavy atom. The van der Waals surface area contributed by atoms with E-state index >= 15 is 0 Å². The van der Waals surface area contributed by atoms with E-state index in [1.54, 1.807) is 6.08 Å². The number of hydrogen-bond acceptors (Lipinski definition) is 7. The standard InChI is InChI=1S/C62H111N2O7P/c1-7-10-13-16-19-22-25-28-30-31-32-33-34-37-40-43-46-49-52-55-62(66)71-60(53-50-47-44-41-38-35-27-24-21-18-15-12-9-3)59(58-70-72(67,68)69-57-56-64(4,5)6)63-61(65)54-51-48-45-42-39-36-29-26-23-20-17-14-11-8-2/h10,13,19,22,28,30,32-33,37,40,46,49-50,53,59-60H,7-9,11-12,14-18,20-21,23-27,29,31,34-36,38-39,41-45,47-48,51-52,54-58H2,1-6H3,(H-,63,65,67,68)/b13-10-,22-19-,30-28-,33-32-,40-37-,49-46-,53-50+. The van der Waals surface area contributed by atoms with Gasteiger partial charge in [-0.05, 0) is 70.3 Å². The van der Waals surface area contributed by atoms with Gasteiger partial charge in [-0.25, -0.2) is 0 Å². The van der Waals surface area contributed by atoms with Crippen LogP contribution in [0.3, 0.4) is 0 Å². The highest BCUT2D eigenvalue weighted by atomic mass is 31.2. The predicted octanol–water partition coefficient (Wildman–Crippen LogP) is 17.2. The SMILES string of the molecule is CC/C=C\C/C=C\C/C=C\C/C=C\C/C=C\C/C=C\CCC(=O)OC(/C=C/CCCCCCCCCCCCC)C(COP(=O)([O-])OCC[N+](C)(C)C)NC(=O)CCCCCCCCCCCCCCCC. The summed E-state index contributed by atoms with van der Waals surface area (Å²) in [6, 6.07) is -0.920. The molecule has 3 unspecified atom stereocenters. The lowest BCUT2D eigenvalue weighted by molar-refractivity contribution is -0.870. The molecule has 9 nitrogen and oxygen atoms in total. The third kappa shape index (κ3) is 52.1. The Labute approximate surface area is 444 Å². The number of unbranched alkanes of at least 4 members (excludes halogenated alkanes) is 24. The van der Waals surface area contributed by atoms with Crippen molar-refractivity contribution in [3.63, 3.8) is 0 Å². The minimum absolute atomic E-state index is 0.0354. The highest BCUT2D eigenvalue weighted by molar-refractivity contribution is 7.45. The van der Waals surface area contributed by atoms with Crippen LogP contribution in [0, 0.1) is 0 Å². The second-order valence-electron chi connectivity index (χ2n) is 20.8. The number of quaternary nitrogens is 1. The average Bonchev–Trinajstić information content (AvgIpc) is 3.34. The molecule has 0 aliphatic rings. The number of ether oxygens (including phenoxy) is 1. The molecular formula is C62H111N2O7P. The van der Waals surface area contributed by atoms with Gasteiger partial charge in [0.25, 0.3) is 7.82 Å². The Balaban J connectivity index is 5.47. The van der Waals surface area contributed by atoms with Crippen molar-refractivity contribution in [2.24, 2.45) is 0 Å². The van der Waals surface area contributed by atoms with Crippen molar-refractivity contribution in [2.45, 2.75) is 258 Å². The summed E-state index contributed by atoms with van der Waals surface area (Å²) in [7, 11) is 1.14. The molecule has 0 aliphatic heterocycles. The zero-order valence-electron chi connectivity index (χ0n) is 47.4. The van der Waals surface area contributed by atoms with Crippen LogP contribution in [0.2, 0.25) is 0 Å². The van der Waals surface area contributed by atoms with Gasteiger partial charge in [0.05, 0.1) is 33.8 Å². The first-order valence-corrected chi connectivity index (χ1v) is 30.9. The molecule has 0 aliphatic carbocycles. The van der Waals surface area contributed by atoms with Crippen LogP contribution < -0.4 is 10.2 Å². The van der Waals surface area contributed by atoms with Gasteiger partial charge in [0, 0.05) is 12.8 Å². The minimum atomic E-state index is -4.71. The van der Waals surface area contributed by atoms with Crippen LogP contribution in [0.4, 0.5) is 0 Å². The molecule has 0 rings (SSSR count). The molecule has 0 aromatic heterocycles. The van der Waals surface area contributed by atoms with Gasteiger partial charge in [-0.2, -0.15) is 0 Å². The topological polar surface area (TPSA) is 114 Å². The summed E-state index contributed by atoms with van der Waals surface area (Å²) < 4.78 is 30.2. The maximum atomic E-state index is 13.5. The number of allylic oxidation sites excluding steroid dienone is 13. The number of amides is 1. The summed E-state index contributed by atoms with van der Waals surface area (Å²) in [4.78, 5) is 39.8. The van der Waals surface area contributed by atoms with Crippen molar-refractivity contribution in [1.29, 1.82) is 0 Å². The van der Waals surface area contributed by atoms with Crippen LogP contribution in [0.25, 0.3) is 0 Å². The normalized spacial score (nSPS) is 14.4. The van der Waals surface area contributed by atoms with Gasteiger partial charge in [0.1, 0.15) is 19.3 Å². The molecular weight excluding hydrogens is 916 g/mol. The first-order valence-electron chi connectivity index (χ1n) is 29.4. The lowest BCUT2D eigenvalue weighted by Crippen LogP contribution is -2.47. The van der Waals surface area contributed by atoms with E-state index in [4.69, 9.17) is 13.8 Å². The fraction of sp³-hybridized carbons (Fsp3) is 0.742. The summed E-state index contributed by atoms with van der Waals surface area (Å²) in [5.74, 6) is -0.637. The number of carbonyl (C=O) groups is 2. The largest absolute Gasteiger partial charge is 0.756 e. The minimum Gasteiger partial charge on any atom is -0.756 e. The van der Waals surface area contributed by atoms with Crippen molar-refractivity contribution in [3.8, 4) is 0 Å². The Kier molecular flexibility index (Phi) is 49.6. The number of rotatable bonds is 52. The highest BCUT2D eigenvalue weighted by Crippen LogP contribution is 2.38. The number of phosphoric acid groups is 1. The quantitative estimate of drug-likeness (QED) is 0.0212. The molecule has 0 bridgehead atoms. The molecule has 0 saturated heterocycles. The molecule has 10 heteroatoms. The monoisotopic (exact) mass is 1030 g/mol. The predicted molar refractivity (Wildman–Crippen MR) is 307 cm³/mol. The Morgan fingerprint density at radius 1 is 0.500 bits per heavy atom. The second kappa shape index (κ2) is 51.7. The second-order valence-corrected chi connectivity index (χ2v) is 22.2. The first kappa shape index (κ1) is 69.2. The Morgan fingerprint density at radius 3 is 1.33 bits per heavy atom. The third-order valence-electron chi connectivity index (χ3n) is 12.6. The molecule has 72 heavy (non-hydrogen) atoms. The number of nitrogens with one attached hydrogen (secondary N) is 1. The van der Waals surface area contributed by atoms with E-state index in [1.165, 1.54) is 128 Å². The third-order valence-corrected chi connectivity index (χ3v) is 13.6. The maximum Gasteiger partial charge on any atom is 0.306 e. The summed E-state index contributed by atoms with van der Waals surface area (Å²) in [5.41, 5.74) is 0. The van der Waals surface area contributed by atoms with Crippen molar-refractivity contribution in [1.82, 2.24) is 5.32 Å². The zero-order chi connectivity index (χ0) is 52.9. The van der Waals surface area contributed by atoms with Crippen LogP contribution in [-0.4, -0.2) is 69.4 Å². The van der Waals surface area contributed by atoms with Gasteiger partial charge in [0.2, 0.25) is 5.91 Å². The molecule has 1 amide bonds. The fourth-order valence-electron chi connectivity index (χ4n) is 8.08. The van der Waals surface area contributed by atoms with E-state index in [-0.39, 0.29) is 18.9 Å². The van der Waals surface area contributed by atoms with Gasteiger partial charge in [-0.1, -0.05) is 247 Å². The van der Waals surface area contributed by atoms with Gasteiger partial charge < -0.3 is 28.5 Å². The Bertz CT molecular complexity index is 1510. The van der Waals surface area contributed by atoms with Crippen molar-refractivity contribution in [3.05, 3.63) is 85.1 Å². The van der Waals surface area contributed by atoms with Crippen molar-refractivity contribution in [2.75, 3.05) is 40.9 Å². The lowest BCUT2D eigenvalue weighted by atomic mass is 10.0. The zero-order valence-corrected chi connectivity index (χ0v) is 48.3. The molecule has 0 aromatic rings. The summed E-state index contributed by atoms with van der Waals surface area (Å²) in [6.45, 7) is 6.68. The number of hydrogen-bond donors (Lipinski definition) is 1. The van der Waals surface area contributed by atoms with E-state index in [0.29, 0.717) is 23.9 Å². The first-order chi connectivity index (χ1) is 34.9. The van der Waals surface area contributed by atoms with Crippen LogP contribution >= 0.6 is 7.82 Å². The lowest BCUT2D eigenvalue weighted by Gasteiger charge is -2.30. The number of carbonyl (C=O) groups excluding carboxylic acids is 2. The van der Waals surface area contributed by atoms with Crippen LogP contribution in [0.15, 0.2) is 85.1 Å². The summed E-state index contributed by atoms with van der Waals surface area (Å²) in [5, 5.41) is 3.00. The molecule has 0 heterocycles. The smallest absolute Gasteiger partial charge is 0.306 e. The molecule has 0 aromatic carbocycles. The molecule has 0 fully saturated rings. The number of phosphoric ester groups is 1. The average molecular weight is 1030 g/mol. The highest BCUT2D eigenvalue weighted by Gasteiger charge is 2.27. The van der Waals surface area contributed by atoms with Crippen LogP contribution in [-0.2, 0) is 27.9 Å². The molecule has 416 valence electrons. The van der Waals surface area contributed by atoms with E-state index < -0.39 is 32.5 Å². The number of likely N-dealkylation sites (N-methyl/N-ethyl adjacent to an activating group) is 1. The van der Waals surface area contributed by atoms with Crippen molar-refractivity contribution < 1.29 is 37.3 Å². The molecule has 0 radical (unpaired) electrons. The Hall–Kier alpha value is -2.81. The number of nitrogens with zero attached hydrogens (tertiary/aromatic N) is 1. The fourth-order valence-corrected chi connectivity index (χ4v) is 8.80. The van der Waals surface area contributed by atoms with Gasteiger partial charge in [-0.15, -0.1) is 0 Å². The van der Waals surface area contributed by atoms with E-state index in [9.17, 15) is 19.0 Å². The van der Waals surface area contributed by atoms with Gasteiger partial charge >= 0.3 is 5.97 Å². The molecule has 0 saturated carbocycles. The van der Waals surface area contributed by atoms with E-state index in [1.807, 2.05) is 39.4 Å².